The maximum atomic E-state index is 12.4. The van der Waals surface area contributed by atoms with Crippen molar-refractivity contribution in [3.8, 4) is 0 Å². The molecule has 0 radical (unpaired) electrons. The van der Waals surface area contributed by atoms with Crippen molar-refractivity contribution in [3.63, 3.8) is 0 Å². The zero-order valence-electron chi connectivity index (χ0n) is 12.4. The standard InChI is InChI=1S/C12H19N3O5S/c1-5-15(8-11(16)20-4)12(17)10-6-9(7-14(10)3)21(18,19)13-2/h6-7,13H,5,8H2,1-4H3. The second kappa shape index (κ2) is 6.72. The van der Waals surface area contributed by atoms with Crippen molar-refractivity contribution in [2.45, 2.75) is 11.8 Å². The molecule has 0 bridgehead atoms. The van der Waals surface area contributed by atoms with Gasteiger partial charge >= 0.3 is 5.97 Å². The summed E-state index contributed by atoms with van der Waals surface area (Å²) in [6.45, 7) is 1.83. The number of rotatable bonds is 6. The summed E-state index contributed by atoms with van der Waals surface area (Å²) in [6.07, 6.45) is 1.34. The Kier molecular flexibility index (Phi) is 5.50. The molecule has 0 unspecified atom stereocenters. The SMILES string of the molecule is CCN(CC(=O)OC)C(=O)c1cc(S(=O)(=O)NC)cn1C. The second-order valence-electron chi connectivity index (χ2n) is 4.27. The van der Waals surface area contributed by atoms with Gasteiger partial charge in [0.25, 0.3) is 5.91 Å². The molecule has 1 N–H and O–H groups in total. The number of esters is 1. The van der Waals surface area contributed by atoms with Crippen molar-refractivity contribution in [2.75, 3.05) is 27.2 Å². The van der Waals surface area contributed by atoms with Gasteiger partial charge in [-0.1, -0.05) is 0 Å². The molecule has 1 heterocycles. The number of carbonyl (C=O) groups is 2. The van der Waals surface area contributed by atoms with Gasteiger partial charge in [0, 0.05) is 19.8 Å². The highest BCUT2D eigenvalue weighted by Gasteiger charge is 2.23. The molecule has 1 amide bonds. The molecule has 0 aliphatic carbocycles. The first kappa shape index (κ1) is 17.2. The number of hydrogen-bond acceptors (Lipinski definition) is 5. The Morgan fingerprint density at radius 1 is 1.43 bits per heavy atom. The molecule has 1 aromatic heterocycles. The van der Waals surface area contributed by atoms with Crippen LogP contribution >= 0.6 is 0 Å². The monoisotopic (exact) mass is 317 g/mol. The fourth-order valence-electron chi connectivity index (χ4n) is 1.72. The van der Waals surface area contributed by atoms with E-state index in [0.717, 1.165) is 0 Å². The maximum absolute atomic E-state index is 12.4. The van der Waals surface area contributed by atoms with Crippen LogP contribution in [0.4, 0.5) is 0 Å². The Labute approximate surface area is 123 Å². The minimum atomic E-state index is -3.63. The lowest BCUT2D eigenvalue weighted by atomic mass is 10.3. The summed E-state index contributed by atoms with van der Waals surface area (Å²) in [4.78, 5) is 24.9. The third-order valence-corrected chi connectivity index (χ3v) is 4.38. The largest absolute Gasteiger partial charge is 0.468 e. The van der Waals surface area contributed by atoms with Gasteiger partial charge in [-0.15, -0.1) is 0 Å². The van der Waals surface area contributed by atoms with E-state index in [2.05, 4.69) is 9.46 Å². The normalized spacial score (nSPS) is 11.2. The number of nitrogens with zero attached hydrogens (tertiary/aromatic N) is 2. The fraction of sp³-hybridized carbons (Fsp3) is 0.500. The highest BCUT2D eigenvalue weighted by molar-refractivity contribution is 7.89. The maximum Gasteiger partial charge on any atom is 0.325 e. The van der Waals surface area contributed by atoms with Crippen LogP contribution in [0.1, 0.15) is 17.4 Å². The van der Waals surface area contributed by atoms with E-state index in [4.69, 9.17) is 0 Å². The number of likely N-dealkylation sites (N-methyl/N-ethyl adjacent to an activating group) is 1. The van der Waals surface area contributed by atoms with Gasteiger partial charge in [-0.2, -0.15) is 0 Å². The molecule has 8 nitrogen and oxygen atoms in total. The minimum Gasteiger partial charge on any atom is -0.468 e. The molecule has 0 saturated carbocycles. The summed E-state index contributed by atoms with van der Waals surface area (Å²) in [6, 6.07) is 1.27. The predicted octanol–water partition coefficient (Wildman–Crippen LogP) is -0.432. The van der Waals surface area contributed by atoms with Crippen LogP contribution in [-0.4, -0.2) is 57.0 Å². The lowest BCUT2D eigenvalue weighted by Crippen LogP contribution is -2.36. The molecule has 0 aliphatic heterocycles. The van der Waals surface area contributed by atoms with Crippen molar-refractivity contribution in [1.29, 1.82) is 0 Å². The van der Waals surface area contributed by atoms with E-state index in [1.165, 1.54) is 35.9 Å². The van der Waals surface area contributed by atoms with Crippen LogP contribution < -0.4 is 4.72 Å². The molecule has 0 aromatic carbocycles. The number of amides is 1. The highest BCUT2D eigenvalue weighted by atomic mass is 32.2. The molecule has 118 valence electrons. The third-order valence-electron chi connectivity index (χ3n) is 2.99. The second-order valence-corrected chi connectivity index (χ2v) is 6.16. The number of nitrogens with one attached hydrogen (secondary N) is 1. The smallest absolute Gasteiger partial charge is 0.325 e. The molecule has 9 heteroatoms. The van der Waals surface area contributed by atoms with E-state index in [1.807, 2.05) is 0 Å². The summed E-state index contributed by atoms with van der Waals surface area (Å²) in [5.41, 5.74) is 0.176. The Morgan fingerprint density at radius 2 is 2.05 bits per heavy atom. The van der Waals surface area contributed by atoms with Gasteiger partial charge in [-0.3, -0.25) is 9.59 Å². The number of methoxy groups -OCH3 is 1. The van der Waals surface area contributed by atoms with Crippen molar-refractivity contribution in [2.24, 2.45) is 7.05 Å². The molecule has 21 heavy (non-hydrogen) atoms. The van der Waals surface area contributed by atoms with Crippen LogP contribution in [0.5, 0.6) is 0 Å². The van der Waals surface area contributed by atoms with Crippen LogP contribution in [-0.2, 0) is 26.6 Å². The number of sulfonamides is 1. The highest BCUT2D eigenvalue weighted by Crippen LogP contribution is 2.15. The van der Waals surface area contributed by atoms with Crippen LogP contribution in [0, 0.1) is 0 Å². The first-order valence-electron chi connectivity index (χ1n) is 6.22. The van der Waals surface area contributed by atoms with E-state index in [0.29, 0.717) is 6.54 Å². The predicted molar refractivity (Wildman–Crippen MR) is 75.3 cm³/mol. The molecule has 1 aromatic rings. The number of carbonyl (C=O) groups excluding carboxylic acids is 2. The van der Waals surface area contributed by atoms with E-state index in [9.17, 15) is 18.0 Å². The van der Waals surface area contributed by atoms with Crippen molar-refractivity contribution in [3.05, 3.63) is 18.0 Å². The lowest BCUT2D eigenvalue weighted by Gasteiger charge is -2.19. The van der Waals surface area contributed by atoms with Crippen LogP contribution in [0.2, 0.25) is 0 Å². The topological polar surface area (TPSA) is 97.7 Å². The number of ether oxygens (including phenoxy) is 1. The fourth-order valence-corrected chi connectivity index (χ4v) is 2.52. The van der Waals surface area contributed by atoms with E-state index in [1.54, 1.807) is 14.0 Å². The number of hydrogen-bond donors (Lipinski definition) is 1. The molecule has 0 aliphatic rings. The molecule has 1 rings (SSSR count). The third kappa shape index (κ3) is 3.82. The Balaban J connectivity index is 3.10. The van der Waals surface area contributed by atoms with Crippen LogP contribution in [0.25, 0.3) is 0 Å². The molecule has 0 saturated heterocycles. The first-order chi connectivity index (χ1) is 9.76. The summed E-state index contributed by atoms with van der Waals surface area (Å²) in [5, 5.41) is 0. The molecular formula is C12H19N3O5S. The van der Waals surface area contributed by atoms with Gasteiger partial charge < -0.3 is 14.2 Å². The Bertz CT molecular complexity index is 635. The zero-order valence-corrected chi connectivity index (χ0v) is 13.2. The van der Waals surface area contributed by atoms with Crippen molar-refractivity contribution in [1.82, 2.24) is 14.2 Å². The molecule has 0 spiro atoms. The Hall–Kier alpha value is -1.87. The summed E-state index contributed by atoms with van der Waals surface area (Å²) < 4.78 is 31.6. The van der Waals surface area contributed by atoms with Crippen molar-refractivity contribution >= 4 is 21.9 Å². The number of aromatic nitrogens is 1. The van der Waals surface area contributed by atoms with Gasteiger partial charge in [0.2, 0.25) is 10.0 Å². The summed E-state index contributed by atoms with van der Waals surface area (Å²) in [5.74, 6) is -0.981. The first-order valence-corrected chi connectivity index (χ1v) is 7.71. The lowest BCUT2D eigenvalue weighted by molar-refractivity contribution is -0.141. The zero-order chi connectivity index (χ0) is 16.2. The summed E-state index contributed by atoms with van der Waals surface area (Å²) in [7, 11) is 0.465. The molecule has 0 atom stereocenters. The van der Waals surface area contributed by atoms with Crippen molar-refractivity contribution < 1.29 is 22.7 Å². The van der Waals surface area contributed by atoms with Crippen LogP contribution in [0.15, 0.2) is 17.2 Å². The molecule has 0 fully saturated rings. The van der Waals surface area contributed by atoms with Gasteiger partial charge in [0.1, 0.15) is 17.1 Å². The van der Waals surface area contributed by atoms with Crippen LogP contribution in [0.3, 0.4) is 0 Å². The van der Waals surface area contributed by atoms with E-state index in [-0.39, 0.29) is 17.1 Å². The average molecular weight is 317 g/mol. The Morgan fingerprint density at radius 3 is 2.52 bits per heavy atom. The average Bonchev–Trinajstić information content (AvgIpc) is 2.86. The minimum absolute atomic E-state index is 0.00929. The summed E-state index contributed by atoms with van der Waals surface area (Å²) >= 11 is 0. The number of aryl methyl sites for hydroxylation is 1. The van der Waals surface area contributed by atoms with Gasteiger partial charge in [-0.05, 0) is 20.0 Å². The van der Waals surface area contributed by atoms with Gasteiger partial charge in [-0.25, -0.2) is 13.1 Å². The van der Waals surface area contributed by atoms with Gasteiger partial charge in [0.15, 0.2) is 0 Å². The molecular weight excluding hydrogens is 298 g/mol. The van der Waals surface area contributed by atoms with E-state index >= 15 is 0 Å². The van der Waals surface area contributed by atoms with E-state index < -0.39 is 21.9 Å². The van der Waals surface area contributed by atoms with Gasteiger partial charge in [0.05, 0.1) is 7.11 Å². The quantitative estimate of drug-likeness (QED) is 0.718.